The van der Waals surface area contributed by atoms with Gasteiger partial charge in [0.1, 0.15) is 18.0 Å². The Balaban J connectivity index is 1.72. The Morgan fingerprint density at radius 3 is 3.10 bits per heavy atom. The highest BCUT2D eigenvalue weighted by Gasteiger charge is 2.32. The van der Waals surface area contributed by atoms with Crippen molar-refractivity contribution in [1.82, 2.24) is 24.9 Å². The maximum absolute atomic E-state index is 14.0. The summed E-state index contributed by atoms with van der Waals surface area (Å²) in [6.45, 7) is 2.65. The van der Waals surface area contributed by atoms with Gasteiger partial charge in [0, 0.05) is 12.7 Å². The second kappa shape index (κ2) is 7.10. The van der Waals surface area contributed by atoms with E-state index in [-0.39, 0.29) is 18.5 Å². The fourth-order valence-electron chi connectivity index (χ4n) is 3.67. The molecule has 156 valence electrons. The van der Waals surface area contributed by atoms with E-state index in [9.17, 15) is 9.18 Å². The van der Waals surface area contributed by atoms with Gasteiger partial charge in [0.05, 0.1) is 37.8 Å². The van der Waals surface area contributed by atoms with E-state index in [0.717, 1.165) is 6.20 Å². The molecule has 0 saturated heterocycles. The van der Waals surface area contributed by atoms with Crippen molar-refractivity contribution in [2.45, 2.75) is 25.7 Å². The van der Waals surface area contributed by atoms with Crippen LogP contribution in [0.2, 0.25) is 0 Å². The minimum absolute atomic E-state index is 0.186. The Bertz CT molecular complexity index is 1140. The highest BCUT2D eigenvalue weighted by atomic mass is 19.1. The van der Waals surface area contributed by atoms with Gasteiger partial charge in [-0.25, -0.2) is 18.9 Å². The van der Waals surface area contributed by atoms with Crippen molar-refractivity contribution in [3.63, 3.8) is 0 Å². The van der Waals surface area contributed by atoms with Crippen LogP contribution in [-0.2, 0) is 11.3 Å². The summed E-state index contributed by atoms with van der Waals surface area (Å²) in [5, 5.41) is 6.96. The minimum Gasteiger partial charge on any atom is -0.486 e. The van der Waals surface area contributed by atoms with Crippen LogP contribution in [0.5, 0.6) is 11.6 Å². The van der Waals surface area contributed by atoms with Gasteiger partial charge in [0.15, 0.2) is 23.4 Å². The molecule has 11 heteroatoms. The smallest absolute Gasteiger partial charge is 0.259 e. The zero-order valence-electron chi connectivity index (χ0n) is 16.3. The number of halogens is 1. The molecule has 1 N–H and O–H groups in total. The molecule has 2 bridgehead atoms. The summed E-state index contributed by atoms with van der Waals surface area (Å²) in [5.41, 5.74) is 1.19. The number of hydrogen-bond donors (Lipinski definition) is 1. The lowest BCUT2D eigenvalue weighted by Crippen LogP contribution is -2.46. The van der Waals surface area contributed by atoms with Crippen molar-refractivity contribution in [3.05, 3.63) is 41.6 Å². The molecule has 2 aliphatic heterocycles. The summed E-state index contributed by atoms with van der Waals surface area (Å²) in [5.74, 6) is 0.354. The molecule has 0 aliphatic carbocycles. The molecular weight excluding hydrogens is 395 g/mol. The Morgan fingerprint density at radius 2 is 2.27 bits per heavy atom. The van der Waals surface area contributed by atoms with Gasteiger partial charge in [-0.3, -0.25) is 4.79 Å². The van der Waals surface area contributed by atoms with Gasteiger partial charge in [0.25, 0.3) is 5.91 Å². The summed E-state index contributed by atoms with van der Waals surface area (Å²) in [4.78, 5) is 23.5. The molecule has 10 nitrogen and oxygen atoms in total. The molecule has 0 unspecified atom stereocenters. The first kappa shape index (κ1) is 18.6. The van der Waals surface area contributed by atoms with Gasteiger partial charge in [-0.1, -0.05) is 0 Å². The predicted octanol–water partition coefficient (Wildman–Crippen LogP) is 1.15. The standard InChI is InChI=1S/C19H19FN6O4/c1-10-23-18(27)14-5-22-26-7-15-17(24-16(14)26)25(13(8-28-2)9-29-15)6-11-3-12(20)4-21-19(11)30-10/h3-5,7,10,13H,6,8-9H2,1-2H3,(H,23,27)/t10-,13+/m0/s1. The number of fused-ring (bicyclic) bond motifs is 1. The van der Waals surface area contributed by atoms with E-state index >= 15 is 0 Å². The molecule has 0 saturated carbocycles. The number of rotatable bonds is 2. The molecule has 0 radical (unpaired) electrons. The summed E-state index contributed by atoms with van der Waals surface area (Å²) < 4.78 is 32.6. The van der Waals surface area contributed by atoms with E-state index in [2.05, 4.69) is 20.4 Å². The molecule has 0 fully saturated rings. The first-order valence-electron chi connectivity index (χ1n) is 9.42. The molecule has 3 aromatic heterocycles. The number of aromatic nitrogens is 4. The molecule has 0 spiro atoms. The van der Waals surface area contributed by atoms with Crippen LogP contribution in [0, 0.1) is 5.82 Å². The number of amides is 1. The summed E-state index contributed by atoms with van der Waals surface area (Å²) >= 11 is 0. The van der Waals surface area contributed by atoms with Crippen LogP contribution >= 0.6 is 0 Å². The summed E-state index contributed by atoms with van der Waals surface area (Å²) in [6.07, 6.45) is 3.50. The van der Waals surface area contributed by atoms with E-state index in [1.807, 2.05) is 4.90 Å². The van der Waals surface area contributed by atoms with E-state index in [1.165, 1.54) is 16.8 Å². The van der Waals surface area contributed by atoms with Crippen molar-refractivity contribution in [1.29, 1.82) is 0 Å². The SMILES string of the molecule is COC[C@@H]1COc2cn3ncc4c3nc2N1Cc1cc(F)cnc1O[C@@H](C)NC4=O. The number of pyridine rings is 1. The Morgan fingerprint density at radius 1 is 1.40 bits per heavy atom. The van der Waals surface area contributed by atoms with Gasteiger partial charge in [-0.05, 0) is 13.0 Å². The third kappa shape index (κ3) is 3.07. The van der Waals surface area contributed by atoms with Crippen LogP contribution in [0.1, 0.15) is 22.8 Å². The molecule has 1 amide bonds. The van der Waals surface area contributed by atoms with Crippen LogP contribution in [0.3, 0.4) is 0 Å². The van der Waals surface area contributed by atoms with Gasteiger partial charge in [0.2, 0.25) is 5.88 Å². The molecule has 2 atom stereocenters. The van der Waals surface area contributed by atoms with Crippen LogP contribution < -0.4 is 19.7 Å². The molecule has 5 rings (SSSR count). The number of carbonyl (C=O) groups excluding carboxylic acids is 1. The number of anilines is 1. The number of nitrogens with zero attached hydrogens (tertiary/aromatic N) is 5. The van der Waals surface area contributed by atoms with Crippen molar-refractivity contribution < 1.29 is 23.4 Å². The maximum atomic E-state index is 14.0. The number of hydrogen-bond acceptors (Lipinski definition) is 8. The summed E-state index contributed by atoms with van der Waals surface area (Å²) in [6, 6.07) is 1.18. The number of methoxy groups -OCH3 is 1. The first-order valence-corrected chi connectivity index (χ1v) is 9.42. The molecule has 0 aromatic carbocycles. The molecule has 5 heterocycles. The minimum atomic E-state index is -0.707. The fraction of sp³-hybridized carbons (Fsp3) is 0.368. The number of carbonyl (C=O) groups is 1. The summed E-state index contributed by atoms with van der Waals surface area (Å²) in [7, 11) is 1.60. The highest BCUT2D eigenvalue weighted by molar-refractivity contribution is 6.00. The van der Waals surface area contributed by atoms with Gasteiger partial charge >= 0.3 is 0 Å². The monoisotopic (exact) mass is 414 g/mol. The predicted molar refractivity (Wildman–Crippen MR) is 102 cm³/mol. The normalized spacial score (nSPS) is 20.6. The average Bonchev–Trinajstić information content (AvgIpc) is 3.12. The van der Waals surface area contributed by atoms with Crippen molar-refractivity contribution >= 4 is 17.4 Å². The zero-order valence-corrected chi connectivity index (χ0v) is 16.3. The van der Waals surface area contributed by atoms with Gasteiger partial charge in [-0.15, -0.1) is 0 Å². The average molecular weight is 414 g/mol. The third-order valence-electron chi connectivity index (χ3n) is 5.04. The lowest BCUT2D eigenvalue weighted by molar-refractivity contribution is 0.0844. The van der Waals surface area contributed by atoms with E-state index in [4.69, 9.17) is 14.2 Å². The fourth-order valence-corrected chi connectivity index (χ4v) is 3.67. The molecule has 2 aliphatic rings. The number of ether oxygens (including phenoxy) is 3. The Hall–Kier alpha value is -3.47. The Labute approximate surface area is 170 Å². The van der Waals surface area contributed by atoms with Crippen LogP contribution in [0.15, 0.2) is 24.7 Å². The van der Waals surface area contributed by atoms with E-state index < -0.39 is 18.0 Å². The quantitative estimate of drug-likeness (QED) is 0.666. The van der Waals surface area contributed by atoms with Crippen molar-refractivity contribution in [2.24, 2.45) is 0 Å². The topological polar surface area (TPSA) is 103 Å². The number of nitrogens with one attached hydrogen (secondary N) is 1. The first-order chi connectivity index (χ1) is 14.5. The lowest BCUT2D eigenvalue weighted by Gasteiger charge is -2.37. The van der Waals surface area contributed by atoms with E-state index in [0.29, 0.717) is 41.6 Å². The molecule has 30 heavy (non-hydrogen) atoms. The van der Waals surface area contributed by atoms with Crippen molar-refractivity contribution in [3.8, 4) is 11.6 Å². The lowest BCUT2D eigenvalue weighted by atomic mass is 10.1. The molecular formula is C19H19FN6O4. The van der Waals surface area contributed by atoms with Crippen LogP contribution in [-0.4, -0.2) is 58.1 Å². The highest BCUT2D eigenvalue weighted by Crippen LogP contribution is 2.35. The zero-order chi connectivity index (χ0) is 20.8. The largest absolute Gasteiger partial charge is 0.486 e. The second-order valence-corrected chi connectivity index (χ2v) is 7.15. The molecule has 3 aromatic rings. The van der Waals surface area contributed by atoms with Crippen LogP contribution in [0.4, 0.5) is 10.2 Å². The van der Waals surface area contributed by atoms with Crippen LogP contribution in [0.25, 0.3) is 5.65 Å². The van der Waals surface area contributed by atoms with E-state index in [1.54, 1.807) is 20.2 Å². The van der Waals surface area contributed by atoms with Gasteiger partial charge < -0.3 is 24.4 Å². The second-order valence-electron chi connectivity index (χ2n) is 7.15. The maximum Gasteiger partial charge on any atom is 0.259 e. The van der Waals surface area contributed by atoms with Gasteiger partial charge in [-0.2, -0.15) is 5.10 Å². The third-order valence-corrected chi connectivity index (χ3v) is 5.04. The van der Waals surface area contributed by atoms with Crippen molar-refractivity contribution in [2.75, 3.05) is 25.2 Å². The Kier molecular flexibility index (Phi) is 4.39.